The highest BCUT2D eigenvalue weighted by Gasteiger charge is 2.33. The summed E-state index contributed by atoms with van der Waals surface area (Å²) < 4.78 is 2.04. The number of hydrogen-bond donors (Lipinski definition) is 2. The van der Waals surface area contributed by atoms with Crippen LogP contribution >= 0.6 is 0 Å². The van der Waals surface area contributed by atoms with E-state index in [1.54, 1.807) is 6.20 Å². The molecule has 1 amide bonds. The summed E-state index contributed by atoms with van der Waals surface area (Å²) in [6.45, 7) is 5.37. The van der Waals surface area contributed by atoms with Gasteiger partial charge in [-0.1, -0.05) is 33.1 Å². The standard InChI is InChI=1S/C19H31N3O2/c1-13(2)11-22-18(14-8-9-14)16(10-20-22)19(24)21-17-7-5-3-4-6-15(17)12-23/h10,13-15,17,23H,3-9,11-12H2,1-2H3,(H,21,24). The summed E-state index contributed by atoms with van der Waals surface area (Å²) in [6.07, 6.45) is 9.51. The number of aliphatic hydroxyl groups excluding tert-OH is 1. The lowest BCUT2D eigenvalue weighted by atomic mass is 9.95. The van der Waals surface area contributed by atoms with Gasteiger partial charge in [0.25, 0.3) is 5.91 Å². The van der Waals surface area contributed by atoms with E-state index in [2.05, 4.69) is 24.3 Å². The fourth-order valence-electron chi connectivity index (χ4n) is 3.89. The zero-order valence-electron chi connectivity index (χ0n) is 15.0. The first-order chi connectivity index (χ1) is 11.6. The summed E-state index contributed by atoms with van der Waals surface area (Å²) in [7, 11) is 0. The molecule has 3 rings (SSSR count). The molecule has 2 N–H and O–H groups in total. The molecule has 5 nitrogen and oxygen atoms in total. The van der Waals surface area contributed by atoms with Crippen molar-refractivity contribution in [1.82, 2.24) is 15.1 Å². The highest BCUT2D eigenvalue weighted by Crippen LogP contribution is 2.42. The van der Waals surface area contributed by atoms with Crippen molar-refractivity contribution in [3.63, 3.8) is 0 Å². The number of carbonyl (C=O) groups excluding carboxylic acids is 1. The molecule has 1 heterocycles. The lowest BCUT2D eigenvalue weighted by Crippen LogP contribution is -2.41. The van der Waals surface area contributed by atoms with Crippen molar-refractivity contribution >= 4 is 5.91 Å². The van der Waals surface area contributed by atoms with Crippen molar-refractivity contribution in [3.05, 3.63) is 17.5 Å². The molecule has 0 aromatic carbocycles. The lowest BCUT2D eigenvalue weighted by molar-refractivity contribution is 0.0898. The Morgan fingerprint density at radius 3 is 2.71 bits per heavy atom. The summed E-state index contributed by atoms with van der Waals surface area (Å²) in [5.74, 6) is 1.19. The Morgan fingerprint density at radius 1 is 1.29 bits per heavy atom. The first-order valence-electron chi connectivity index (χ1n) is 9.57. The molecule has 2 atom stereocenters. The second-order valence-electron chi connectivity index (χ2n) is 7.95. The van der Waals surface area contributed by atoms with E-state index in [-0.39, 0.29) is 24.5 Å². The number of amides is 1. The summed E-state index contributed by atoms with van der Waals surface area (Å²) >= 11 is 0. The maximum Gasteiger partial charge on any atom is 0.254 e. The Kier molecular flexibility index (Phi) is 5.59. The van der Waals surface area contributed by atoms with E-state index in [0.717, 1.165) is 56.3 Å². The van der Waals surface area contributed by atoms with Crippen molar-refractivity contribution in [1.29, 1.82) is 0 Å². The van der Waals surface area contributed by atoms with Crippen molar-refractivity contribution in [3.8, 4) is 0 Å². The minimum absolute atomic E-state index is 0.00254. The average Bonchev–Trinajstić information content (AvgIpc) is 3.33. The van der Waals surface area contributed by atoms with Crippen LogP contribution in [-0.2, 0) is 6.54 Å². The van der Waals surface area contributed by atoms with Crippen LogP contribution in [0, 0.1) is 11.8 Å². The summed E-state index contributed by atoms with van der Waals surface area (Å²) in [6, 6.07) is 0.0884. The van der Waals surface area contributed by atoms with Gasteiger partial charge >= 0.3 is 0 Å². The van der Waals surface area contributed by atoms with Crippen LogP contribution in [-0.4, -0.2) is 33.4 Å². The van der Waals surface area contributed by atoms with Crippen LogP contribution in [0.2, 0.25) is 0 Å². The van der Waals surface area contributed by atoms with Crippen molar-refractivity contribution in [2.75, 3.05) is 6.61 Å². The quantitative estimate of drug-likeness (QED) is 0.786. The third kappa shape index (κ3) is 4.00. The Labute approximate surface area is 144 Å². The molecule has 5 heteroatoms. The van der Waals surface area contributed by atoms with Gasteiger partial charge in [-0.3, -0.25) is 9.48 Å². The van der Waals surface area contributed by atoms with E-state index in [1.807, 2.05) is 4.68 Å². The molecule has 2 fully saturated rings. The number of rotatable bonds is 6. The van der Waals surface area contributed by atoms with Gasteiger partial charge in [-0.15, -0.1) is 0 Å². The molecule has 0 bridgehead atoms. The van der Waals surface area contributed by atoms with Crippen LogP contribution in [0.1, 0.15) is 80.8 Å². The zero-order chi connectivity index (χ0) is 17.1. The molecule has 0 saturated heterocycles. The third-order valence-electron chi connectivity index (χ3n) is 5.34. The van der Waals surface area contributed by atoms with E-state index >= 15 is 0 Å². The Hall–Kier alpha value is -1.36. The van der Waals surface area contributed by atoms with Crippen LogP contribution in [0.15, 0.2) is 6.20 Å². The van der Waals surface area contributed by atoms with Crippen molar-refractivity contribution in [2.45, 2.75) is 77.3 Å². The third-order valence-corrected chi connectivity index (χ3v) is 5.34. The second kappa shape index (κ2) is 7.68. The maximum atomic E-state index is 12.9. The van der Waals surface area contributed by atoms with Crippen molar-refractivity contribution in [2.24, 2.45) is 11.8 Å². The molecule has 1 aromatic heterocycles. The summed E-state index contributed by atoms with van der Waals surface area (Å²) in [4.78, 5) is 12.9. The SMILES string of the molecule is CC(C)Cn1ncc(C(=O)NC2CCCCCC2CO)c1C1CC1. The Morgan fingerprint density at radius 2 is 2.04 bits per heavy atom. The van der Waals surface area contributed by atoms with Crippen LogP contribution in [0.25, 0.3) is 0 Å². The molecule has 2 aliphatic carbocycles. The fourth-order valence-corrected chi connectivity index (χ4v) is 3.89. The number of aliphatic hydroxyl groups is 1. The molecule has 24 heavy (non-hydrogen) atoms. The topological polar surface area (TPSA) is 67.2 Å². The van der Waals surface area contributed by atoms with E-state index < -0.39 is 0 Å². The highest BCUT2D eigenvalue weighted by molar-refractivity contribution is 5.95. The number of carbonyl (C=O) groups is 1. The predicted octanol–water partition coefficient (Wildman–Crippen LogP) is 3.09. The van der Waals surface area contributed by atoms with Gasteiger partial charge in [-0.2, -0.15) is 5.10 Å². The van der Waals surface area contributed by atoms with Gasteiger partial charge in [-0.05, 0) is 31.6 Å². The van der Waals surface area contributed by atoms with E-state index in [0.29, 0.717) is 11.8 Å². The molecule has 2 saturated carbocycles. The van der Waals surface area contributed by atoms with Crippen LogP contribution < -0.4 is 5.32 Å². The maximum absolute atomic E-state index is 12.9. The molecule has 1 aromatic rings. The zero-order valence-corrected chi connectivity index (χ0v) is 15.0. The van der Waals surface area contributed by atoms with Crippen LogP contribution in [0.4, 0.5) is 0 Å². The molecular formula is C19H31N3O2. The number of nitrogens with zero attached hydrogens (tertiary/aromatic N) is 2. The van der Waals surface area contributed by atoms with Gasteiger partial charge in [0.1, 0.15) is 0 Å². The normalized spacial score (nSPS) is 24.8. The molecule has 0 spiro atoms. The largest absolute Gasteiger partial charge is 0.396 e. The summed E-state index contributed by atoms with van der Waals surface area (Å²) in [5.41, 5.74) is 1.87. The smallest absolute Gasteiger partial charge is 0.254 e. The van der Waals surface area contributed by atoms with Gasteiger partial charge in [0.05, 0.1) is 17.5 Å². The van der Waals surface area contributed by atoms with Crippen LogP contribution in [0.5, 0.6) is 0 Å². The predicted molar refractivity (Wildman–Crippen MR) is 94.0 cm³/mol. The van der Waals surface area contributed by atoms with E-state index in [9.17, 15) is 9.90 Å². The minimum Gasteiger partial charge on any atom is -0.396 e. The number of aromatic nitrogens is 2. The van der Waals surface area contributed by atoms with Gasteiger partial charge < -0.3 is 10.4 Å². The van der Waals surface area contributed by atoms with E-state index in [4.69, 9.17) is 0 Å². The second-order valence-corrected chi connectivity index (χ2v) is 7.95. The number of hydrogen-bond acceptors (Lipinski definition) is 3. The highest BCUT2D eigenvalue weighted by atomic mass is 16.3. The van der Waals surface area contributed by atoms with Gasteiger partial charge in [0, 0.05) is 31.0 Å². The monoisotopic (exact) mass is 333 g/mol. The Balaban J connectivity index is 1.75. The van der Waals surface area contributed by atoms with Crippen LogP contribution in [0.3, 0.4) is 0 Å². The van der Waals surface area contributed by atoms with Gasteiger partial charge in [0.2, 0.25) is 0 Å². The van der Waals surface area contributed by atoms with Crippen molar-refractivity contribution < 1.29 is 9.90 Å². The average molecular weight is 333 g/mol. The van der Waals surface area contributed by atoms with Gasteiger partial charge in [-0.25, -0.2) is 0 Å². The lowest BCUT2D eigenvalue weighted by Gasteiger charge is -2.24. The minimum atomic E-state index is -0.00254. The molecule has 0 aliphatic heterocycles. The molecule has 2 unspecified atom stereocenters. The first kappa shape index (κ1) is 17.5. The van der Waals surface area contributed by atoms with E-state index in [1.165, 1.54) is 6.42 Å². The molecule has 2 aliphatic rings. The first-order valence-corrected chi connectivity index (χ1v) is 9.57. The van der Waals surface area contributed by atoms with Gasteiger partial charge in [0.15, 0.2) is 0 Å². The number of nitrogens with one attached hydrogen (secondary N) is 1. The molecular weight excluding hydrogens is 302 g/mol. The summed E-state index contributed by atoms with van der Waals surface area (Å²) in [5, 5.41) is 17.4. The molecule has 0 radical (unpaired) electrons. The Bertz CT molecular complexity index is 563. The molecule has 134 valence electrons. The fraction of sp³-hybridized carbons (Fsp3) is 0.789.